The molecule has 0 aliphatic heterocycles. The van der Waals surface area contributed by atoms with Gasteiger partial charge in [-0.3, -0.25) is 4.79 Å². The highest BCUT2D eigenvalue weighted by molar-refractivity contribution is 7.16. The van der Waals surface area contributed by atoms with Crippen LogP contribution in [0, 0.1) is 0 Å². The summed E-state index contributed by atoms with van der Waals surface area (Å²) in [5.74, 6) is 0.730. The zero-order chi connectivity index (χ0) is 15.8. The highest BCUT2D eigenvalue weighted by Crippen LogP contribution is 2.26. The van der Waals surface area contributed by atoms with Crippen molar-refractivity contribution >= 4 is 17.2 Å². The predicted octanol–water partition coefficient (Wildman–Crippen LogP) is 2.55. The highest BCUT2D eigenvalue weighted by atomic mass is 32.1. The Hall–Kier alpha value is -1.92. The number of carbonyl (C=O) groups is 1. The minimum atomic E-state index is -0.0736. The molecule has 0 aliphatic rings. The second-order valence-electron chi connectivity index (χ2n) is 4.76. The van der Waals surface area contributed by atoms with Crippen molar-refractivity contribution in [1.29, 1.82) is 0 Å². The lowest BCUT2D eigenvalue weighted by Gasteiger charge is -2.04. The molecule has 0 atom stereocenters. The summed E-state index contributed by atoms with van der Waals surface area (Å²) >= 11 is 1.39. The zero-order valence-electron chi connectivity index (χ0n) is 12.9. The van der Waals surface area contributed by atoms with Gasteiger partial charge in [-0.05, 0) is 37.2 Å². The molecule has 2 N–H and O–H groups in total. The maximum atomic E-state index is 12.0. The van der Waals surface area contributed by atoms with Gasteiger partial charge >= 0.3 is 0 Å². The van der Waals surface area contributed by atoms with Crippen molar-refractivity contribution in [2.24, 2.45) is 0 Å². The van der Waals surface area contributed by atoms with E-state index in [4.69, 9.17) is 4.74 Å². The molecule has 1 heterocycles. The van der Waals surface area contributed by atoms with E-state index in [-0.39, 0.29) is 5.91 Å². The molecule has 22 heavy (non-hydrogen) atoms. The molecule has 0 bridgehead atoms. The van der Waals surface area contributed by atoms with Crippen LogP contribution in [0.3, 0.4) is 0 Å². The van der Waals surface area contributed by atoms with E-state index in [9.17, 15) is 4.79 Å². The van der Waals surface area contributed by atoms with Gasteiger partial charge in [-0.25, -0.2) is 4.98 Å². The van der Waals surface area contributed by atoms with Gasteiger partial charge < -0.3 is 15.4 Å². The minimum Gasteiger partial charge on any atom is -0.497 e. The monoisotopic (exact) mass is 319 g/mol. The second kappa shape index (κ2) is 8.51. The molecule has 118 valence electrons. The van der Waals surface area contributed by atoms with E-state index >= 15 is 0 Å². The Morgan fingerprint density at radius 1 is 1.23 bits per heavy atom. The number of nitrogens with zero attached hydrogens (tertiary/aromatic N) is 1. The van der Waals surface area contributed by atoms with Gasteiger partial charge in [0.05, 0.1) is 13.3 Å². The van der Waals surface area contributed by atoms with Gasteiger partial charge in [0.15, 0.2) is 0 Å². The van der Waals surface area contributed by atoms with Crippen LogP contribution in [-0.2, 0) is 0 Å². The van der Waals surface area contributed by atoms with E-state index in [2.05, 4.69) is 22.5 Å². The molecule has 0 fully saturated rings. The molecular formula is C16H21N3O2S. The first-order valence-electron chi connectivity index (χ1n) is 7.33. The number of hydrogen-bond donors (Lipinski definition) is 2. The van der Waals surface area contributed by atoms with Crippen molar-refractivity contribution in [3.63, 3.8) is 0 Å². The summed E-state index contributed by atoms with van der Waals surface area (Å²) in [6, 6.07) is 7.65. The number of ether oxygens (including phenoxy) is 1. The number of nitrogens with one attached hydrogen (secondary N) is 2. The number of aromatic nitrogens is 1. The fourth-order valence-electron chi connectivity index (χ4n) is 1.90. The Morgan fingerprint density at radius 2 is 2.00 bits per heavy atom. The van der Waals surface area contributed by atoms with E-state index in [1.807, 2.05) is 24.3 Å². The number of benzene rings is 1. The highest BCUT2D eigenvalue weighted by Gasteiger charge is 2.11. The Balaban J connectivity index is 1.91. The maximum Gasteiger partial charge on any atom is 0.263 e. The Labute approximate surface area is 134 Å². The van der Waals surface area contributed by atoms with Gasteiger partial charge in [-0.1, -0.05) is 6.92 Å². The molecule has 0 spiro atoms. The van der Waals surface area contributed by atoms with Gasteiger partial charge in [0.2, 0.25) is 0 Å². The summed E-state index contributed by atoms with van der Waals surface area (Å²) in [4.78, 5) is 17.0. The van der Waals surface area contributed by atoms with Crippen LogP contribution in [0.1, 0.15) is 23.0 Å². The molecule has 0 saturated heterocycles. The van der Waals surface area contributed by atoms with Crippen molar-refractivity contribution in [3.05, 3.63) is 35.3 Å². The van der Waals surface area contributed by atoms with Crippen molar-refractivity contribution in [2.75, 3.05) is 26.7 Å². The molecule has 0 aliphatic carbocycles. The van der Waals surface area contributed by atoms with E-state index in [0.29, 0.717) is 11.4 Å². The van der Waals surface area contributed by atoms with E-state index in [1.165, 1.54) is 11.3 Å². The lowest BCUT2D eigenvalue weighted by molar-refractivity contribution is 0.0958. The first kappa shape index (κ1) is 16.5. The molecule has 5 nitrogen and oxygen atoms in total. The summed E-state index contributed by atoms with van der Waals surface area (Å²) in [5.41, 5.74) is 0.981. The van der Waals surface area contributed by atoms with E-state index in [0.717, 1.165) is 35.8 Å². The normalized spacial score (nSPS) is 10.5. The fraction of sp³-hybridized carbons (Fsp3) is 0.375. The molecule has 0 saturated carbocycles. The lowest BCUT2D eigenvalue weighted by atomic mass is 10.2. The summed E-state index contributed by atoms with van der Waals surface area (Å²) < 4.78 is 5.13. The second-order valence-corrected chi connectivity index (χ2v) is 5.79. The molecule has 6 heteroatoms. The number of rotatable bonds is 8. The molecule has 0 radical (unpaired) electrons. The molecule has 1 aromatic carbocycles. The van der Waals surface area contributed by atoms with Crippen LogP contribution < -0.4 is 15.4 Å². The molecule has 1 aromatic heterocycles. The van der Waals surface area contributed by atoms with Crippen LogP contribution in [0.2, 0.25) is 0 Å². The van der Waals surface area contributed by atoms with Crippen LogP contribution in [0.4, 0.5) is 0 Å². The quantitative estimate of drug-likeness (QED) is 0.734. The zero-order valence-corrected chi connectivity index (χ0v) is 13.7. The molecule has 2 rings (SSSR count). The van der Waals surface area contributed by atoms with Crippen LogP contribution in [-0.4, -0.2) is 37.6 Å². The third-order valence-electron chi connectivity index (χ3n) is 3.08. The molecule has 1 amide bonds. The fourth-order valence-corrected chi connectivity index (χ4v) is 2.74. The average molecular weight is 319 g/mol. The lowest BCUT2D eigenvalue weighted by Crippen LogP contribution is -2.31. The Morgan fingerprint density at radius 3 is 2.68 bits per heavy atom. The number of amides is 1. The summed E-state index contributed by atoms with van der Waals surface area (Å²) in [7, 11) is 1.64. The molecule has 0 unspecified atom stereocenters. The molecule has 2 aromatic rings. The molecular weight excluding hydrogens is 298 g/mol. The summed E-state index contributed by atoms with van der Waals surface area (Å²) in [5, 5.41) is 6.97. The predicted molar refractivity (Wildman–Crippen MR) is 89.6 cm³/mol. The summed E-state index contributed by atoms with van der Waals surface area (Å²) in [6.07, 6.45) is 2.72. The third-order valence-corrected chi connectivity index (χ3v) is 4.13. The topological polar surface area (TPSA) is 63.2 Å². The van der Waals surface area contributed by atoms with Crippen molar-refractivity contribution in [1.82, 2.24) is 15.6 Å². The van der Waals surface area contributed by atoms with Crippen LogP contribution >= 0.6 is 11.3 Å². The van der Waals surface area contributed by atoms with Gasteiger partial charge in [0.1, 0.15) is 15.6 Å². The van der Waals surface area contributed by atoms with Crippen LogP contribution in [0.15, 0.2) is 30.5 Å². The number of carbonyl (C=O) groups excluding carboxylic acids is 1. The maximum absolute atomic E-state index is 12.0. The minimum absolute atomic E-state index is 0.0736. The van der Waals surface area contributed by atoms with E-state index < -0.39 is 0 Å². The average Bonchev–Trinajstić information content (AvgIpc) is 3.04. The number of methoxy groups -OCH3 is 1. The van der Waals surface area contributed by atoms with Crippen molar-refractivity contribution < 1.29 is 9.53 Å². The smallest absolute Gasteiger partial charge is 0.263 e. The first-order chi connectivity index (χ1) is 10.7. The van der Waals surface area contributed by atoms with Gasteiger partial charge in [0, 0.05) is 18.7 Å². The van der Waals surface area contributed by atoms with Crippen molar-refractivity contribution in [3.8, 4) is 16.3 Å². The number of hydrogen-bond acceptors (Lipinski definition) is 5. The first-order valence-corrected chi connectivity index (χ1v) is 8.15. The summed E-state index contributed by atoms with van der Waals surface area (Å²) in [6.45, 7) is 4.49. The van der Waals surface area contributed by atoms with E-state index in [1.54, 1.807) is 13.3 Å². The van der Waals surface area contributed by atoms with Gasteiger partial charge in [-0.15, -0.1) is 11.3 Å². The standard InChI is InChI=1S/C16H21N3O2S/c1-3-8-17-9-10-18-15(20)14-11-19-16(22-14)12-4-6-13(21-2)7-5-12/h4-7,11,17H,3,8-10H2,1-2H3,(H,18,20). The third kappa shape index (κ3) is 4.54. The van der Waals surface area contributed by atoms with Gasteiger partial charge in [-0.2, -0.15) is 0 Å². The van der Waals surface area contributed by atoms with Crippen LogP contribution in [0.5, 0.6) is 5.75 Å². The SMILES string of the molecule is CCCNCCNC(=O)c1cnc(-c2ccc(OC)cc2)s1. The van der Waals surface area contributed by atoms with Crippen molar-refractivity contribution in [2.45, 2.75) is 13.3 Å². The largest absolute Gasteiger partial charge is 0.497 e. The number of thiazole rings is 1. The Kier molecular flexibility index (Phi) is 6.36. The van der Waals surface area contributed by atoms with Crippen LogP contribution in [0.25, 0.3) is 10.6 Å². The van der Waals surface area contributed by atoms with Gasteiger partial charge in [0.25, 0.3) is 5.91 Å². The Bertz CT molecular complexity index is 596.